The van der Waals surface area contributed by atoms with E-state index in [-0.39, 0.29) is 18.1 Å². The lowest BCUT2D eigenvalue weighted by Crippen LogP contribution is -2.59. The van der Waals surface area contributed by atoms with E-state index >= 15 is 0 Å². The number of urea groups is 1. The zero-order chi connectivity index (χ0) is 22.6. The zero-order valence-corrected chi connectivity index (χ0v) is 18.8. The highest BCUT2D eigenvalue weighted by Gasteiger charge is 2.46. The highest BCUT2D eigenvalue weighted by molar-refractivity contribution is 5.98. The Morgan fingerprint density at radius 3 is 2.27 bits per heavy atom. The summed E-state index contributed by atoms with van der Waals surface area (Å²) in [6.07, 6.45) is 7.13. The van der Waals surface area contributed by atoms with Crippen molar-refractivity contribution in [3.8, 4) is 6.07 Å². The molecule has 6 heteroatoms. The van der Waals surface area contributed by atoms with E-state index < -0.39 is 0 Å². The molecule has 0 radical (unpaired) electrons. The minimum absolute atomic E-state index is 0.0866. The van der Waals surface area contributed by atoms with Crippen LogP contribution in [0.3, 0.4) is 0 Å². The van der Waals surface area contributed by atoms with E-state index in [0.29, 0.717) is 17.9 Å². The number of hydrogen-bond donors (Lipinski definition) is 0. The van der Waals surface area contributed by atoms with Gasteiger partial charge in [0.05, 0.1) is 17.3 Å². The Balaban J connectivity index is 1.66. The number of carbonyl (C=O) groups is 1. The number of likely N-dealkylation sites (tertiary alicyclic amines) is 1. The van der Waals surface area contributed by atoms with Gasteiger partial charge in [0.25, 0.3) is 0 Å². The SMILES string of the molecule is N#CC1=C(/N=C/c2ccccc2)N(c2ccccc2)C(=O)N2CCCCC(N3CCCC3)C12. The second kappa shape index (κ2) is 9.60. The zero-order valence-electron chi connectivity index (χ0n) is 18.8. The maximum atomic E-state index is 14.0. The van der Waals surface area contributed by atoms with Gasteiger partial charge in [0.2, 0.25) is 0 Å². The van der Waals surface area contributed by atoms with Crippen LogP contribution in [-0.2, 0) is 0 Å². The summed E-state index contributed by atoms with van der Waals surface area (Å²) in [6, 6.07) is 21.7. The number of aliphatic imine (C=N–C) groups is 1. The maximum absolute atomic E-state index is 14.0. The Labute approximate surface area is 195 Å². The molecule has 2 unspecified atom stereocenters. The van der Waals surface area contributed by atoms with Crippen LogP contribution in [0.1, 0.15) is 37.7 Å². The summed E-state index contributed by atoms with van der Waals surface area (Å²) >= 11 is 0. The lowest BCUT2D eigenvalue weighted by molar-refractivity contribution is 0.132. The smallest absolute Gasteiger partial charge is 0.315 e. The molecule has 2 aromatic rings. The molecule has 2 aromatic carbocycles. The van der Waals surface area contributed by atoms with Gasteiger partial charge in [0, 0.05) is 18.8 Å². The van der Waals surface area contributed by atoms with Gasteiger partial charge in [-0.15, -0.1) is 0 Å². The van der Waals surface area contributed by atoms with Crippen molar-refractivity contribution in [3.63, 3.8) is 0 Å². The molecule has 0 aliphatic carbocycles. The van der Waals surface area contributed by atoms with Crippen LogP contribution in [-0.4, -0.2) is 53.8 Å². The number of rotatable bonds is 4. The molecule has 2 fully saturated rings. The van der Waals surface area contributed by atoms with Crippen molar-refractivity contribution in [2.75, 3.05) is 24.5 Å². The Hall–Kier alpha value is -3.43. The van der Waals surface area contributed by atoms with Crippen LogP contribution in [0.5, 0.6) is 0 Å². The fourth-order valence-corrected chi connectivity index (χ4v) is 5.36. The normalized spacial score (nSPS) is 24.2. The summed E-state index contributed by atoms with van der Waals surface area (Å²) in [5, 5.41) is 10.4. The Kier molecular flexibility index (Phi) is 6.23. The van der Waals surface area contributed by atoms with E-state index in [2.05, 4.69) is 11.0 Å². The van der Waals surface area contributed by atoms with Gasteiger partial charge in [0.15, 0.2) is 5.82 Å². The van der Waals surface area contributed by atoms with Crippen LogP contribution in [0, 0.1) is 11.3 Å². The number of carbonyl (C=O) groups excluding carboxylic acids is 1. The maximum Gasteiger partial charge on any atom is 0.330 e. The third-order valence-corrected chi connectivity index (χ3v) is 6.91. The Bertz CT molecular complexity index is 1080. The van der Waals surface area contributed by atoms with Crippen LogP contribution in [0.15, 0.2) is 77.1 Å². The molecule has 3 heterocycles. The highest BCUT2D eigenvalue weighted by Crippen LogP contribution is 2.37. The summed E-state index contributed by atoms with van der Waals surface area (Å²) in [4.78, 5) is 24.8. The number of nitriles is 1. The van der Waals surface area contributed by atoms with Crippen molar-refractivity contribution in [2.45, 2.75) is 44.2 Å². The lowest BCUT2D eigenvalue weighted by atomic mass is 9.93. The predicted octanol–water partition coefficient (Wildman–Crippen LogP) is 4.80. The van der Waals surface area contributed by atoms with Gasteiger partial charge in [-0.2, -0.15) is 5.26 Å². The number of fused-ring (bicyclic) bond motifs is 1. The third-order valence-electron chi connectivity index (χ3n) is 6.91. The molecule has 0 bridgehead atoms. The number of hydrogen-bond acceptors (Lipinski definition) is 4. The first-order chi connectivity index (χ1) is 16.3. The van der Waals surface area contributed by atoms with Crippen LogP contribution < -0.4 is 4.90 Å². The average Bonchev–Trinajstić information content (AvgIpc) is 3.30. The van der Waals surface area contributed by atoms with Gasteiger partial charge in [-0.3, -0.25) is 4.90 Å². The predicted molar refractivity (Wildman–Crippen MR) is 130 cm³/mol. The minimum Gasteiger partial charge on any atom is -0.315 e. The van der Waals surface area contributed by atoms with E-state index in [0.717, 1.165) is 43.6 Å². The minimum atomic E-state index is -0.258. The van der Waals surface area contributed by atoms with Gasteiger partial charge in [0.1, 0.15) is 6.07 Å². The summed E-state index contributed by atoms with van der Waals surface area (Å²) in [5.41, 5.74) is 2.25. The standard InChI is InChI=1S/C27H29N5O/c28-19-23-25-24(30-16-9-10-17-30)15-7-8-18-31(25)27(33)32(22-13-5-2-6-14-22)26(23)29-20-21-11-3-1-4-12-21/h1-6,11-14,20,24-25H,7-10,15-18H2/b29-20+. The fraction of sp³-hybridized carbons (Fsp3) is 0.370. The number of amides is 2. The van der Waals surface area contributed by atoms with Crippen LogP contribution in [0.2, 0.25) is 0 Å². The molecule has 33 heavy (non-hydrogen) atoms. The molecule has 0 aromatic heterocycles. The monoisotopic (exact) mass is 439 g/mol. The molecular weight excluding hydrogens is 410 g/mol. The average molecular weight is 440 g/mol. The highest BCUT2D eigenvalue weighted by atomic mass is 16.2. The topological polar surface area (TPSA) is 62.9 Å². The molecule has 0 spiro atoms. The molecule has 2 saturated heterocycles. The molecule has 5 rings (SSSR count). The molecule has 2 amide bonds. The van der Waals surface area contributed by atoms with Crippen molar-refractivity contribution in [2.24, 2.45) is 4.99 Å². The fourth-order valence-electron chi connectivity index (χ4n) is 5.36. The first-order valence-corrected chi connectivity index (χ1v) is 11.9. The molecule has 0 N–H and O–H groups in total. The number of benzene rings is 2. The van der Waals surface area contributed by atoms with E-state index in [9.17, 15) is 10.1 Å². The molecule has 3 aliphatic rings. The molecule has 3 aliphatic heterocycles. The largest absolute Gasteiger partial charge is 0.330 e. The number of anilines is 1. The van der Waals surface area contributed by atoms with Crippen LogP contribution in [0.25, 0.3) is 0 Å². The van der Waals surface area contributed by atoms with Gasteiger partial charge < -0.3 is 4.90 Å². The van der Waals surface area contributed by atoms with E-state index in [1.54, 1.807) is 11.1 Å². The summed E-state index contributed by atoms with van der Waals surface area (Å²) in [7, 11) is 0. The van der Waals surface area contributed by atoms with E-state index in [4.69, 9.17) is 4.99 Å². The van der Waals surface area contributed by atoms with Gasteiger partial charge in [-0.25, -0.2) is 14.7 Å². The third kappa shape index (κ3) is 4.17. The number of para-hydroxylation sites is 1. The van der Waals surface area contributed by atoms with Crippen molar-refractivity contribution in [1.82, 2.24) is 9.80 Å². The molecule has 6 nitrogen and oxygen atoms in total. The molecular formula is C27H29N5O. The van der Waals surface area contributed by atoms with Gasteiger partial charge in [-0.1, -0.05) is 55.0 Å². The first kappa shape index (κ1) is 21.4. The molecule has 0 saturated carbocycles. The van der Waals surface area contributed by atoms with Crippen LogP contribution in [0.4, 0.5) is 10.5 Å². The summed E-state index contributed by atoms with van der Waals surface area (Å²) in [5.74, 6) is 0.449. The second-order valence-electron chi connectivity index (χ2n) is 8.92. The summed E-state index contributed by atoms with van der Waals surface area (Å²) in [6.45, 7) is 2.73. The second-order valence-corrected chi connectivity index (χ2v) is 8.92. The van der Waals surface area contributed by atoms with Crippen LogP contribution >= 0.6 is 0 Å². The van der Waals surface area contributed by atoms with Crippen molar-refractivity contribution in [3.05, 3.63) is 77.6 Å². The quantitative estimate of drug-likeness (QED) is 0.643. The van der Waals surface area contributed by atoms with Gasteiger partial charge in [-0.05, 0) is 56.5 Å². The van der Waals surface area contributed by atoms with E-state index in [1.807, 2.05) is 65.6 Å². The van der Waals surface area contributed by atoms with E-state index in [1.165, 1.54) is 12.8 Å². The van der Waals surface area contributed by atoms with Gasteiger partial charge >= 0.3 is 6.03 Å². The van der Waals surface area contributed by atoms with Crippen molar-refractivity contribution >= 4 is 17.9 Å². The Morgan fingerprint density at radius 2 is 1.58 bits per heavy atom. The lowest BCUT2D eigenvalue weighted by Gasteiger charge is -2.45. The first-order valence-electron chi connectivity index (χ1n) is 11.9. The van der Waals surface area contributed by atoms with Crippen molar-refractivity contribution in [1.29, 1.82) is 5.26 Å². The Morgan fingerprint density at radius 1 is 0.909 bits per heavy atom. The molecule has 2 atom stereocenters. The summed E-state index contributed by atoms with van der Waals surface area (Å²) < 4.78 is 0. The molecule has 168 valence electrons. The number of nitrogens with zero attached hydrogens (tertiary/aromatic N) is 5. The van der Waals surface area contributed by atoms with Crippen molar-refractivity contribution < 1.29 is 4.79 Å².